The predicted octanol–water partition coefficient (Wildman–Crippen LogP) is -2.56. The van der Waals surface area contributed by atoms with E-state index in [4.69, 9.17) is 89.7 Å². The lowest BCUT2D eigenvalue weighted by Crippen LogP contribution is -2.70. The third-order valence-electron chi connectivity index (χ3n) is 9.64. The number of amides is 1. The van der Waals surface area contributed by atoms with Crippen molar-refractivity contribution >= 4 is 11.9 Å². The smallest absolute Gasteiger partial charge is 0.475 e. The Morgan fingerprint density at radius 1 is 0.745 bits per heavy atom. The van der Waals surface area contributed by atoms with Gasteiger partial charge in [-0.05, 0) is 19.4 Å². The van der Waals surface area contributed by atoms with E-state index in [-0.39, 0.29) is 26.1 Å². The Labute approximate surface area is 318 Å². The zero-order valence-electron chi connectivity index (χ0n) is 32.4. The Morgan fingerprint density at radius 3 is 1.69 bits per heavy atom. The zero-order valence-corrected chi connectivity index (χ0v) is 32.4. The number of carboxylic acids is 1. The van der Waals surface area contributed by atoms with Crippen LogP contribution in [-0.2, 0) is 66.4 Å². The molecule has 324 valence electrons. The number of hydrogen-bond donors (Lipinski definition) is 6. The molecule has 2 saturated heterocycles. The van der Waals surface area contributed by atoms with Crippen LogP contribution in [0.4, 0.5) is 13.2 Å². The molecule has 55 heavy (non-hydrogen) atoms. The third kappa shape index (κ3) is 12.5. The number of alkyl halides is 3. The number of carbonyl (C=O) groups is 2. The molecule has 1 amide bonds. The maximum absolute atomic E-state index is 13.4. The number of carboxylic acid groups (broad SMARTS) is 1. The molecule has 10 N–H and O–H groups in total. The van der Waals surface area contributed by atoms with E-state index in [9.17, 15) is 18.0 Å². The van der Waals surface area contributed by atoms with Gasteiger partial charge in [-0.2, -0.15) is 13.2 Å². The summed E-state index contributed by atoms with van der Waals surface area (Å²) >= 11 is 0. The number of methoxy groups -OCH3 is 8. The van der Waals surface area contributed by atoms with Gasteiger partial charge in [-0.15, -0.1) is 0 Å². The van der Waals surface area contributed by atoms with Gasteiger partial charge >= 0.3 is 12.1 Å². The van der Waals surface area contributed by atoms with Gasteiger partial charge in [-0.25, -0.2) is 4.79 Å². The summed E-state index contributed by atoms with van der Waals surface area (Å²) in [5, 5.41) is 10.2. The lowest BCUT2D eigenvalue weighted by atomic mass is 9.83. The number of rotatable bonds is 18. The number of nitrogens with two attached hydrogens (primary N) is 4. The maximum atomic E-state index is 13.4. The van der Waals surface area contributed by atoms with Crippen LogP contribution in [0.25, 0.3) is 0 Å². The number of ether oxygens (including phenoxy) is 12. The largest absolute Gasteiger partial charge is 0.490 e. The first-order chi connectivity index (χ1) is 26.1. The highest BCUT2D eigenvalue weighted by Crippen LogP contribution is 2.35. The van der Waals surface area contributed by atoms with Gasteiger partial charge in [0.2, 0.25) is 5.91 Å². The van der Waals surface area contributed by atoms with Crippen molar-refractivity contribution in [1.82, 2.24) is 5.32 Å². The summed E-state index contributed by atoms with van der Waals surface area (Å²) < 4.78 is 103. The molecule has 16 atom stereocenters. The van der Waals surface area contributed by atoms with Crippen molar-refractivity contribution < 1.29 is 84.7 Å². The van der Waals surface area contributed by atoms with E-state index in [1.807, 2.05) is 0 Å². The highest BCUT2D eigenvalue weighted by molar-refractivity contribution is 5.81. The van der Waals surface area contributed by atoms with Crippen molar-refractivity contribution in [1.29, 1.82) is 0 Å². The van der Waals surface area contributed by atoms with E-state index in [1.54, 1.807) is 21.3 Å². The molecule has 3 rings (SSSR count). The molecule has 3 fully saturated rings. The Kier molecular flexibility index (Phi) is 21.0. The molecule has 1 aliphatic carbocycles. The highest BCUT2D eigenvalue weighted by atomic mass is 19.4. The van der Waals surface area contributed by atoms with E-state index >= 15 is 0 Å². The van der Waals surface area contributed by atoms with Gasteiger partial charge in [0.05, 0.1) is 18.7 Å². The van der Waals surface area contributed by atoms with E-state index in [1.165, 1.54) is 35.5 Å². The Morgan fingerprint density at radius 2 is 1.24 bits per heavy atom. The molecule has 2 aliphatic heterocycles. The van der Waals surface area contributed by atoms with Gasteiger partial charge in [0.15, 0.2) is 12.6 Å². The molecule has 20 nitrogen and oxygen atoms in total. The molecule has 23 heteroatoms. The number of aliphatic carboxylic acids is 1. The first kappa shape index (κ1) is 49.2. The molecular weight excluding hydrogens is 751 g/mol. The minimum atomic E-state index is -5.08. The predicted molar refractivity (Wildman–Crippen MR) is 183 cm³/mol. The third-order valence-corrected chi connectivity index (χ3v) is 9.64. The quantitative estimate of drug-likeness (QED) is 0.0830. The number of halogens is 3. The molecule has 0 bridgehead atoms. The van der Waals surface area contributed by atoms with Gasteiger partial charge in [-0.1, -0.05) is 0 Å². The monoisotopic (exact) mass is 811 g/mol. The number of nitrogens with one attached hydrogen (secondary N) is 1. The fraction of sp³-hybridized carbons (Fsp3) is 0.938. The van der Waals surface area contributed by atoms with E-state index in [0.717, 1.165) is 0 Å². The molecule has 0 aromatic carbocycles. The average molecular weight is 812 g/mol. The first-order valence-electron chi connectivity index (χ1n) is 17.4. The maximum Gasteiger partial charge on any atom is 0.490 e. The van der Waals surface area contributed by atoms with Crippen LogP contribution < -0.4 is 28.3 Å². The standard InChI is InChI=1S/C30H59N5O13.C2HF3O2/c1-37-13-18-22(39-3)19(34)24(41-5)29(46-18)48-21-15(35-28(36)16(38-2)9-10-31)11-14(33)20(25(21)42-6)47-30-27(44-8)26(43-7)23(40-4)17(12-32)45-30;3-2(4,5)1(6)7/h14-27,29-30H,9-13,31-34H2,1-8H3,(H,35,36);(H,6,7)/t14-,15+,16?,17-,18+,19-,20+,21-,22+,23-,24+,25-,26+,27-,29+,30-;/m0./s1. The molecule has 1 saturated carbocycles. The van der Waals surface area contributed by atoms with Crippen molar-refractivity contribution in [2.45, 2.75) is 117 Å². The Balaban J connectivity index is 0.00000136. The second kappa shape index (κ2) is 23.5. The van der Waals surface area contributed by atoms with Crippen LogP contribution in [0.1, 0.15) is 12.8 Å². The summed E-state index contributed by atoms with van der Waals surface area (Å²) in [6, 6.07) is -2.03. The fourth-order valence-electron chi connectivity index (χ4n) is 6.98. The number of carbonyl (C=O) groups excluding carboxylic acids is 1. The topological polar surface area (TPSA) is 281 Å². The van der Waals surface area contributed by atoms with Crippen LogP contribution in [-0.4, -0.2) is 198 Å². The first-order valence-corrected chi connectivity index (χ1v) is 17.4. The molecule has 1 unspecified atom stereocenters. The van der Waals surface area contributed by atoms with Crippen LogP contribution in [0.5, 0.6) is 0 Å². The van der Waals surface area contributed by atoms with Crippen LogP contribution >= 0.6 is 0 Å². The fourth-order valence-corrected chi connectivity index (χ4v) is 6.98. The second-order valence-corrected chi connectivity index (χ2v) is 12.9. The summed E-state index contributed by atoms with van der Waals surface area (Å²) in [5.74, 6) is -3.15. The normalized spacial score (nSPS) is 37.4. The van der Waals surface area contributed by atoms with Crippen LogP contribution in [0.2, 0.25) is 0 Å². The van der Waals surface area contributed by atoms with Gasteiger partial charge in [-0.3, -0.25) is 4.79 Å². The molecule has 3 aliphatic rings. The van der Waals surface area contributed by atoms with Gasteiger partial charge < -0.3 is 90.2 Å². The van der Waals surface area contributed by atoms with Gasteiger partial charge in [0.1, 0.15) is 67.1 Å². The summed E-state index contributed by atoms with van der Waals surface area (Å²) in [6.07, 6.45) is -14.3. The summed E-state index contributed by atoms with van der Waals surface area (Å²) in [7, 11) is 12.1. The highest BCUT2D eigenvalue weighted by Gasteiger charge is 2.54. The lowest BCUT2D eigenvalue weighted by molar-refractivity contribution is -0.340. The van der Waals surface area contributed by atoms with E-state index in [0.29, 0.717) is 6.42 Å². The summed E-state index contributed by atoms with van der Waals surface area (Å²) in [4.78, 5) is 22.3. The van der Waals surface area contributed by atoms with Crippen LogP contribution in [0.15, 0.2) is 0 Å². The van der Waals surface area contributed by atoms with Crippen LogP contribution in [0.3, 0.4) is 0 Å². The molecule has 0 radical (unpaired) electrons. The Hall–Kier alpha value is -1.91. The van der Waals surface area contributed by atoms with Crippen molar-refractivity contribution in [3.05, 3.63) is 0 Å². The molecule has 2 heterocycles. The average Bonchev–Trinajstić information content (AvgIpc) is 3.14. The number of hydrogen-bond acceptors (Lipinski definition) is 18. The van der Waals surface area contributed by atoms with E-state index in [2.05, 4.69) is 5.32 Å². The second-order valence-electron chi connectivity index (χ2n) is 12.9. The van der Waals surface area contributed by atoms with Crippen molar-refractivity contribution in [2.75, 3.05) is 76.6 Å². The zero-order chi connectivity index (χ0) is 41.6. The molecule has 0 spiro atoms. The Bertz CT molecular complexity index is 1140. The molecule has 0 aromatic heterocycles. The van der Waals surface area contributed by atoms with Crippen molar-refractivity contribution in [2.24, 2.45) is 22.9 Å². The van der Waals surface area contributed by atoms with Gasteiger partial charge in [0.25, 0.3) is 0 Å². The molecular formula is C32H60F3N5O15. The summed E-state index contributed by atoms with van der Waals surface area (Å²) in [5.41, 5.74) is 25.2. The van der Waals surface area contributed by atoms with Crippen molar-refractivity contribution in [3.8, 4) is 0 Å². The SMILES string of the molecule is COC[C@H]1O[C@H](O[C@@H]2[C@@H](OC)[C@H](O[C@@H]3O[C@@H](CN)[C@H](OC)[C@@H](OC)[C@@H]3OC)[C@@H](N)C[C@H]2NC(=O)C(CCN)OC)[C@H](OC)[C@@H](N)[C@@H]1OC.O=C(O)C(F)(F)F. The van der Waals surface area contributed by atoms with Gasteiger partial charge in [0, 0.05) is 69.5 Å². The molecule has 0 aromatic rings. The van der Waals surface area contributed by atoms with E-state index < -0.39 is 116 Å². The lowest BCUT2D eigenvalue weighted by Gasteiger charge is -2.51. The van der Waals surface area contributed by atoms with Crippen molar-refractivity contribution in [3.63, 3.8) is 0 Å². The van der Waals surface area contributed by atoms with Crippen LogP contribution in [0, 0.1) is 0 Å². The minimum Gasteiger partial charge on any atom is -0.475 e. The minimum absolute atomic E-state index is 0.130. The summed E-state index contributed by atoms with van der Waals surface area (Å²) in [6.45, 7) is 0.552.